The van der Waals surface area contributed by atoms with E-state index in [4.69, 9.17) is 48.6 Å². The fourth-order valence-electron chi connectivity index (χ4n) is 20.0. The highest BCUT2D eigenvalue weighted by atomic mass is 16.5. The van der Waals surface area contributed by atoms with Crippen LogP contribution in [0.1, 0.15) is 195 Å². The number of urea groups is 1. The fourth-order valence-corrected chi connectivity index (χ4v) is 20.0. The van der Waals surface area contributed by atoms with Crippen molar-refractivity contribution in [1.82, 2.24) is 92.2 Å². The number of fused-ring (bicyclic) bond motifs is 10. The highest BCUT2D eigenvalue weighted by Gasteiger charge is 2.31. The van der Waals surface area contributed by atoms with E-state index in [9.17, 15) is 28.8 Å². The molecule has 150 heavy (non-hydrogen) atoms. The van der Waals surface area contributed by atoms with Gasteiger partial charge in [0.2, 0.25) is 0 Å². The maximum Gasteiger partial charge on any atom is 0.338 e. The Morgan fingerprint density at radius 3 is 1.07 bits per heavy atom. The van der Waals surface area contributed by atoms with Crippen molar-refractivity contribution in [2.75, 3.05) is 74.5 Å². The van der Waals surface area contributed by atoms with Gasteiger partial charge in [0, 0.05) is 154 Å². The minimum absolute atomic E-state index is 0.0848. The molecule has 36 heteroatoms. The highest BCUT2D eigenvalue weighted by Crippen LogP contribution is 2.43. The van der Waals surface area contributed by atoms with E-state index in [2.05, 4.69) is 162 Å². The van der Waals surface area contributed by atoms with Gasteiger partial charge in [0.15, 0.2) is 0 Å². The zero-order valence-electron chi connectivity index (χ0n) is 85.7. The van der Waals surface area contributed by atoms with E-state index in [1.165, 1.54) is 93.3 Å². The van der Waals surface area contributed by atoms with Gasteiger partial charge in [-0.15, -0.1) is 0 Å². The Hall–Kier alpha value is -17.7. The Kier molecular flexibility index (Phi) is 28.4. The number of methoxy groups -OCH3 is 5. The molecular weight excluding hydrogens is 1900 g/mol. The van der Waals surface area contributed by atoms with Crippen LogP contribution in [-0.2, 0) is 30.2 Å². The number of carbonyl (C=O) groups is 6. The Labute approximate surface area is 863 Å². The van der Waals surface area contributed by atoms with Gasteiger partial charge in [-0.2, -0.15) is 10.2 Å². The molecule has 0 spiro atoms. The molecule has 0 saturated heterocycles. The zero-order valence-corrected chi connectivity index (χ0v) is 85.7. The van der Waals surface area contributed by atoms with Gasteiger partial charge in [0.25, 0.3) is 0 Å². The van der Waals surface area contributed by atoms with Crippen LogP contribution in [0.2, 0.25) is 0 Å². The van der Waals surface area contributed by atoms with Crippen molar-refractivity contribution in [3.8, 4) is 67.4 Å². The van der Waals surface area contributed by atoms with Crippen LogP contribution in [0.15, 0.2) is 232 Å². The number of H-pyrrole nitrogens is 4. The van der Waals surface area contributed by atoms with Crippen molar-refractivity contribution in [2.24, 2.45) is 0 Å². The lowest BCUT2D eigenvalue weighted by molar-refractivity contribution is 0.0592. The summed E-state index contributed by atoms with van der Waals surface area (Å²) >= 11 is 0. The summed E-state index contributed by atoms with van der Waals surface area (Å²) in [5.74, 6) is 2.72. The standard InChI is InChI=1S/C30H31N5O3.2C22H23N5O2.2C20H21N5O2/c1-34-18-23-16-21(12-13-25(23)32-30(34)37)19-8-10-20(11-9-19)27-28(31-24-6-4-3-5-7-24)35-15-14-22(29(36)38-2)17-26(35)33-27;1-29-22(28)14-9-11-27-18(12-14)26-19(21(27)25-15-6-3-2-4-7-15)17-13-24-20-16(17)8-5-10-23-20;1-29-22(28)15-9-10-27-19(12-15)25-20(21(27)24-17-5-3-2-4-6-17)14-7-8-18-16(11-14)13-23-26-18;1-20(2,3)23-18-17(12-5-6-15-14(9-12)11-21-24-15)22-16-10-13(19(26)27-4)7-8-25(16)18;1-20(2,3)24-18-16(14-11-22-17-13(14)6-5-8-21-17)23-15-10-12(19(26)27-4)7-9-25(15)18/h8-17,24,31H,3-7,18H2,1-2H3,(H,32,37);5,8-13,15,25H,2-4,6-7H2,1H3,(H,23,24);7-13,17,24H,2-6H2,1H3,(H,23,26);5-11,23H,1-4H3,(H,21,24);5-11,24H,1-4H3,(H,21,22). The Morgan fingerprint density at radius 2 is 0.693 bits per heavy atom. The summed E-state index contributed by atoms with van der Waals surface area (Å²) in [4.78, 5) is 113. The number of benzene rings is 4. The lowest BCUT2D eigenvalue weighted by Crippen LogP contribution is -2.35. The van der Waals surface area contributed by atoms with Gasteiger partial charge in [-0.1, -0.05) is 100 Å². The summed E-state index contributed by atoms with van der Waals surface area (Å²) in [6.07, 6.45) is 38.6. The van der Waals surface area contributed by atoms with Gasteiger partial charge >= 0.3 is 35.9 Å². The summed E-state index contributed by atoms with van der Waals surface area (Å²) in [5, 5.41) is 39.5. The molecule has 0 bridgehead atoms. The van der Waals surface area contributed by atoms with Crippen molar-refractivity contribution in [3.05, 3.63) is 265 Å². The maximum absolute atomic E-state index is 12.1. The van der Waals surface area contributed by atoms with E-state index in [0.717, 1.165) is 190 Å². The number of nitrogens with zero attached hydrogens (tertiary/aromatic N) is 15. The Balaban J connectivity index is 0.000000114. The van der Waals surface area contributed by atoms with Crippen molar-refractivity contribution < 1.29 is 52.5 Å². The van der Waals surface area contributed by atoms with E-state index in [1.54, 1.807) is 91.2 Å². The summed E-state index contributed by atoms with van der Waals surface area (Å²) in [5.41, 5.74) is 22.4. The molecular formula is C114H119N25O11. The summed E-state index contributed by atoms with van der Waals surface area (Å²) in [6.45, 7) is 13.1. The number of esters is 5. The van der Waals surface area contributed by atoms with Crippen molar-refractivity contribution in [1.29, 1.82) is 0 Å². The summed E-state index contributed by atoms with van der Waals surface area (Å²) < 4.78 is 34.3. The van der Waals surface area contributed by atoms with Crippen LogP contribution < -0.4 is 31.9 Å². The average Bonchev–Trinajstić information content (AvgIpc) is 1.64. The molecule has 3 saturated carbocycles. The smallest absolute Gasteiger partial charge is 0.338 e. The van der Waals surface area contributed by atoms with E-state index in [0.29, 0.717) is 80.7 Å². The molecule has 4 aromatic carbocycles. The molecule has 24 rings (SSSR count). The van der Waals surface area contributed by atoms with E-state index < -0.39 is 0 Å². The van der Waals surface area contributed by atoms with Gasteiger partial charge in [0.1, 0.15) is 97.1 Å². The number of carbonyl (C=O) groups excluding carboxylic acids is 6. The summed E-state index contributed by atoms with van der Waals surface area (Å²) in [6, 6.07) is 53.4. The van der Waals surface area contributed by atoms with Gasteiger partial charge < -0.3 is 70.5 Å². The van der Waals surface area contributed by atoms with Crippen LogP contribution in [0.5, 0.6) is 0 Å². The lowest BCUT2D eigenvalue weighted by Gasteiger charge is -2.26. The van der Waals surface area contributed by atoms with Gasteiger partial charge in [-0.3, -0.25) is 32.2 Å². The molecule has 4 aliphatic rings. The molecule has 0 atom stereocenters. The van der Waals surface area contributed by atoms with Gasteiger partial charge in [0.05, 0.1) is 86.8 Å². The van der Waals surface area contributed by atoms with E-state index in [1.807, 2.05) is 126 Å². The lowest BCUT2D eigenvalue weighted by atomic mass is 9.95. The second-order valence-electron chi connectivity index (χ2n) is 40.2. The van der Waals surface area contributed by atoms with Crippen LogP contribution in [0.3, 0.4) is 0 Å². The number of anilines is 6. The molecule has 0 radical (unpaired) electrons. The highest BCUT2D eigenvalue weighted by molar-refractivity contribution is 6.01. The monoisotopic (exact) mass is 2010 g/mol. The molecule has 1 aliphatic heterocycles. The molecule has 20 aromatic rings. The van der Waals surface area contributed by atoms with Crippen LogP contribution >= 0.6 is 0 Å². The Bertz CT molecular complexity index is 8450. The Morgan fingerprint density at radius 1 is 0.367 bits per heavy atom. The van der Waals surface area contributed by atoms with E-state index >= 15 is 0 Å². The first kappa shape index (κ1) is 99.6. The van der Waals surface area contributed by atoms with E-state index in [-0.39, 0.29) is 47.0 Å². The zero-order chi connectivity index (χ0) is 104. The van der Waals surface area contributed by atoms with Gasteiger partial charge in [-0.25, -0.2) is 63.7 Å². The number of imidazole rings is 5. The first-order chi connectivity index (χ1) is 72.7. The maximum atomic E-state index is 12.1. The third-order valence-electron chi connectivity index (χ3n) is 27.5. The molecule has 3 fully saturated rings. The number of rotatable bonds is 19. The van der Waals surface area contributed by atoms with Crippen molar-refractivity contribution >= 4 is 143 Å². The minimum atomic E-state index is -0.385. The molecule has 3 aliphatic carbocycles. The second-order valence-corrected chi connectivity index (χ2v) is 40.2. The van der Waals surface area contributed by atoms with Crippen molar-refractivity contribution in [2.45, 2.75) is 174 Å². The normalized spacial score (nSPS) is 14.1. The molecule has 16 aromatic heterocycles. The van der Waals surface area contributed by atoms with Crippen LogP contribution in [0, 0.1) is 0 Å². The minimum Gasteiger partial charge on any atom is -0.465 e. The number of nitrogens with one attached hydrogen (secondary N) is 10. The summed E-state index contributed by atoms with van der Waals surface area (Å²) in [7, 11) is 8.70. The molecule has 17 heterocycles. The topological polar surface area (TPSA) is 425 Å². The van der Waals surface area contributed by atoms with Crippen molar-refractivity contribution in [3.63, 3.8) is 0 Å². The first-order valence-electron chi connectivity index (χ1n) is 50.6. The average molecular weight is 2020 g/mol. The predicted molar refractivity (Wildman–Crippen MR) is 583 cm³/mol. The number of hydrogen-bond acceptors (Lipinski definition) is 25. The quantitative estimate of drug-likeness (QED) is 0.0265. The molecule has 766 valence electrons. The van der Waals surface area contributed by atoms with Gasteiger partial charge in [-0.05, 0) is 218 Å². The third-order valence-corrected chi connectivity index (χ3v) is 27.5. The number of pyridine rings is 7. The van der Waals surface area contributed by atoms with Crippen LogP contribution in [-0.4, -0.2) is 200 Å². The number of aromatic nitrogens is 18. The first-order valence-corrected chi connectivity index (χ1v) is 50.6. The largest absolute Gasteiger partial charge is 0.465 e. The fraction of sp³-hybridized carbons (Fsp3) is 0.289. The molecule has 0 unspecified atom stereocenters. The number of aromatic amines is 4. The number of ether oxygens (including phenoxy) is 5. The van der Waals surface area contributed by atoms with Crippen LogP contribution in [0.25, 0.3) is 140 Å². The number of amides is 2. The number of hydrogen-bond donors (Lipinski definition) is 10. The molecule has 2 amide bonds. The molecule has 10 N–H and O–H groups in total. The predicted octanol–water partition coefficient (Wildman–Crippen LogP) is 22.7. The second kappa shape index (κ2) is 42.8. The van der Waals surface area contributed by atoms with Crippen LogP contribution in [0.4, 0.5) is 39.6 Å². The SMILES string of the molecule is COC(=O)c1ccn2c(NC(C)(C)C)c(-c3c[nH]c4ncccc34)nc2c1.COC(=O)c1ccn2c(NC(C)(C)C)c(-c3ccc4[nH]ncc4c3)nc2c1.COC(=O)c1ccn2c(NC3CCCCC3)c(-c3c[nH]c4ncccc34)nc2c1.COC(=O)c1ccn2c(NC3CCCCC3)c(-c3ccc(-c4ccc5c(c4)CN(C)C(=O)N5)cc3)nc2c1.COC(=O)c1ccn2c(NC3CCCCC3)c(-c3ccc4[nH]ncc4c3)nc2c1. The molecule has 36 nitrogen and oxygen atoms in total. The third kappa shape index (κ3) is 21.2.